The van der Waals surface area contributed by atoms with E-state index in [4.69, 9.17) is 4.84 Å². The van der Waals surface area contributed by atoms with Gasteiger partial charge in [-0.05, 0) is 36.8 Å². The summed E-state index contributed by atoms with van der Waals surface area (Å²) >= 11 is 0. The molecule has 0 bridgehead atoms. The van der Waals surface area contributed by atoms with Gasteiger partial charge in [0, 0.05) is 37.3 Å². The van der Waals surface area contributed by atoms with Crippen LogP contribution in [-0.2, 0) is 9.63 Å². The number of urea groups is 1. The number of nitrogens with one attached hydrogen (secondary N) is 2. The van der Waals surface area contributed by atoms with Gasteiger partial charge >= 0.3 is 6.03 Å². The third-order valence-corrected chi connectivity index (χ3v) is 4.52. The number of oxime groups is 1. The Morgan fingerprint density at radius 3 is 2.55 bits per heavy atom. The molecule has 0 aliphatic carbocycles. The van der Waals surface area contributed by atoms with Gasteiger partial charge in [0.1, 0.15) is 5.82 Å². The van der Waals surface area contributed by atoms with E-state index in [9.17, 15) is 14.0 Å². The molecular formula is C21H23FN4O3. The van der Waals surface area contributed by atoms with E-state index in [0.717, 1.165) is 17.0 Å². The molecular weight excluding hydrogens is 375 g/mol. The number of carbonyl (C=O) groups is 2. The number of likely N-dealkylation sites (tertiary alicyclic amines) is 1. The fourth-order valence-electron chi connectivity index (χ4n) is 2.88. The molecule has 29 heavy (non-hydrogen) atoms. The Morgan fingerprint density at radius 2 is 1.83 bits per heavy atom. The van der Waals surface area contributed by atoms with Crippen molar-refractivity contribution in [1.29, 1.82) is 0 Å². The van der Waals surface area contributed by atoms with Crippen LogP contribution in [0.4, 0.5) is 20.6 Å². The van der Waals surface area contributed by atoms with Crippen LogP contribution in [0.5, 0.6) is 0 Å². The first-order valence-electron chi connectivity index (χ1n) is 9.36. The Morgan fingerprint density at radius 1 is 1.10 bits per heavy atom. The van der Waals surface area contributed by atoms with Crippen molar-refractivity contribution in [3.63, 3.8) is 0 Å². The van der Waals surface area contributed by atoms with Crippen LogP contribution in [0.2, 0.25) is 0 Å². The summed E-state index contributed by atoms with van der Waals surface area (Å²) in [5.74, 6) is -0.835. The molecule has 0 aromatic heterocycles. The van der Waals surface area contributed by atoms with Crippen molar-refractivity contribution in [3.05, 3.63) is 59.9 Å². The van der Waals surface area contributed by atoms with Crippen LogP contribution < -0.4 is 10.6 Å². The Labute approximate surface area is 168 Å². The fraction of sp³-hybridized carbons (Fsp3) is 0.286. The van der Waals surface area contributed by atoms with Gasteiger partial charge in [-0.1, -0.05) is 29.4 Å². The molecule has 0 atom stereocenters. The van der Waals surface area contributed by atoms with E-state index in [0.29, 0.717) is 31.6 Å². The highest BCUT2D eigenvalue weighted by Gasteiger charge is 2.20. The molecule has 152 valence electrons. The van der Waals surface area contributed by atoms with Gasteiger partial charge in [0.05, 0.1) is 5.71 Å². The van der Waals surface area contributed by atoms with E-state index < -0.39 is 11.7 Å². The number of carbonyl (C=O) groups excluding carboxylic acids is 2. The second kappa shape index (κ2) is 9.68. The number of benzene rings is 2. The quantitative estimate of drug-likeness (QED) is 0.752. The Kier molecular flexibility index (Phi) is 6.78. The van der Waals surface area contributed by atoms with Crippen molar-refractivity contribution >= 4 is 29.0 Å². The average Bonchev–Trinajstić information content (AvgIpc) is 2.72. The fourth-order valence-corrected chi connectivity index (χ4v) is 2.88. The number of nitrogens with zero attached hydrogens (tertiary/aromatic N) is 2. The molecule has 1 aliphatic heterocycles. The van der Waals surface area contributed by atoms with Crippen molar-refractivity contribution in [2.24, 2.45) is 5.16 Å². The lowest BCUT2D eigenvalue weighted by atomic mass is 10.1. The van der Waals surface area contributed by atoms with Gasteiger partial charge in [0.25, 0.3) is 5.91 Å². The molecule has 0 unspecified atom stereocenters. The summed E-state index contributed by atoms with van der Waals surface area (Å²) in [4.78, 5) is 31.1. The highest BCUT2D eigenvalue weighted by Crippen LogP contribution is 2.16. The Bertz CT molecular complexity index is 892. The smallest absolute Gasteiger partial charge is 0.321 e. The number of piperidine rings is 1. The lowest BCUT2D eigenvalue weighted by Crippen LogP contribution is -2.41. The monoisotopic (exact) mass is 398 g/mol. The van der Waals surface area contributed by atoms with E-state index in [1.807, 2.05) is 30.3 Å². The van der Waals surface area contributed by atoms with E-state index in [-0.39, 0.29) is 12.6 Å². The minimum absolute atomic E-state index is 0.152. The van der Waals surface area contributed by atoms with Crippen molar-refractivity contribution in [3.8, 4) is 0 Å². The van der Waals surface area contributed by atoms with Crippen LogP contribution in [0, 0.1) is 12.7 Å². The predicted octanol–water partition coefficient (Wildman–Crippen LogP) is 3.77. The summed E-state index contributed by atoms with van der Waals surface area (Å²) in [5, 5.41) is 9.46. The number of halogens is 1. The number of hydrogen-bond acceptors (Lipinski definition) is 4. The maximum Gasteiger partial charge on any atom is 0.321 e. The standard InChI is InChI=1S/C21H23FN4O3/c1-15-7-8-16(22)13-19(15)24-20(27)14-29-25-18-9-11-26(12-10-18)21(28)23-17-5-3-2-4-6-17/h2-8,13H,9-12,14H2,1H3,(H,23,28)(H,24,27). The number of anilines is 2. The van der Waals surface area contributed by atoms with Crippen molar-refractivity contribution < 1.29 is 18.8 Å². The van der Waals surface area contributed by atoms with Crippen LogP contribution in [0.25, 0.3) is 0 Å². The molecule has 7 nitrogen and oxygen atoms in total. The molecule has 3 amide bonds. The van der Waals surface area contributed by atoms with Crippen molar-refractivity contribution in [2.75, 3.05) is 30.3 Å². The van der Waals surface area contributed by atoms with Gasteiger partial charge in [-0.15, -0.1) is 0 Å². The topological polar surface area (TPSA) is 83.0 Å². The van der Waals surface area contributed by atoms with E-state index >= 15 is 0 Å². The summed E-state index contributed by atoms with van der Waals surface area (Å²) in [6, 6.07) is 13.3. The highest BCUT2D eigenvalue weighted by molar-refractivity contribution is 5.93. The van der Waals surface area contributed by atoms with Crippen molar-refractivity contribution in [2.45, 2.75) is 19.8 Å². The van der Waals surface area contributed by atoms with E-state index in [1.54, 1.807) is 17.9 Å². The maximum absolute atomic E-state index is 13.3. The zero-order chi connectivity index (χ0) is 20.6. The molecule has 0 radical (unpaired) electrons. The molecule has 2 aromatic carbocycles. The van der Waals surface area contributed by atoms with Crippen LogP contribution in [0.1, 0.15) is 18.4 Å². The van der Waals surface area contributed by atoms with Crippen LogP contribution in [0.15, 0.2) is 53.7 Å². The number of hydrogen-bond donors (Lipinski definition) is 2. The summed E-state index contributed by atoms with van der Waals surface area (Å²) < 4.78 is 13.3. The third-order valence-electron chi connectivity index (χ3n) is 4.52. The van der Waals surface area contributed by atoms with Gasteiger partial charge in [-0.2, -0.15) is 0 Å². The summed E-state index contributed by atoms with van der Waals surface area (Å²) in [6.07, 6.45) is 1.15. The van der Waals surface area contributed by atoms with Crippen LogP contribution >= 0.6 is 0 Å². The van der Waals surface area contributed by atoms with Gasteiger partial charge in [-0.25, -0.2) is 9.18 Å². The van der Waals surface area contributed by atoms with Gasteiger partial charge < -0.3 is 20.4 Å². The minimum Gasteiger partial charge on any atom is -0.386 e. The average molecular weight is 398 g/mol. The Balaban J connectivity index is 1.41. The Hall–Kier alpha value is -3.42. The normalized spacial score (nSPS) is 13.6. The first kappa shape index (κ1) is 20.3. The molecule has 0 spiro atoms. The summed E-state index contributed by atoms with van der Waals surface area (Å²) in [7, 11) is 0. The first-order chi connectivity index (χ1) is 14.0. The molecule has 1 saturated heterocycles. The van der Waals surface area contributed by atoms with Crippen LogP contribution in [0.3, 0.4) is 0 Å². The zero-order valence-corrected chi connectivity index (χ0v) is 16.2. The van der Waals surface area contributed by atoms with Gasteiger partial charge in [0.15, 0.2) is 6.61 Å². The molecule has 1 aliphatic rings. The molecule has 2 aromatic rings. The number of rotatable bonds is 5. The van der Waals surface area contributed by atoms with Crippen molar-refractivity contribution in [1.82, 2.24) is 4.90 Å². The highest BCUT2D eigenvalue weighted by atomic mass is 19.1. The lowest BCUT2D eigenvalue weighted by molar-refractivity contribution is -0.120. The zero-order valence-electron chi connectivity index (χ0n) is 16.2. The first-order valence-corrected chi connectivity index (χ1v) is 9.36. The molecule has 1 heterocycles. The number of amides is 3. The maximum atomic E-state index is 13.3. The third kappa shape index (κ3) is 6.03. The SMILES string of the molecule is Cc1ccc(F)cc1NC(=O)CON=C1CCN(C(=O)Nc2ccccc2)CC1. The molecule has 8 heteroatoms. The summed E-state index contributed by atoms with van der Waals surface area (Å²) in [6.45, 7) is 2.56. The molecule has 1 fully saturated rings. The lowest BCUT2D eigenvalue weighted by Gasteiger charge is -2.27. The largest absolute Gasteiger partial charge is 0.386 e. The number of para-hydroxylation sites is 1. The molecule has 2 N–H and O–H groups in total. The van der Waals surface area contributed by atoms with Gasteiger partial charge in [0.2, 0.25) is 0 Å². The van der Waals surface area contributed by atoms with Crippen LogP contribution in [-0.4, -0.2) is 42.2 Å². The van der Waals surface area contributed by atoms with E-state index in [1.165, 1.54) is 12.1 Å². The number of aryl methyl sites for hydroxylation is 1. The second-order valence-electron chi connectivity index (χ2n) is 6.72. The predicted molar refractivity (Wildman–Crippen MR) is 109 cm³/mol. The summed E-state index contributed by atoms with van der Waals surface area (Å²) in [5.41, 5.74) is 2.71. The minimum atomic E-state index is -0.421. The second-order valence-corrected chi connectivity index (χ2v) is 6.72. The molecule has 0 saturated carbocycles. The van der Waals surface area contributed by atoms with Gasteiger partial charge in [-0.3, -0.25) is 4.79 Å². The van der Waals surface area contributed by atoms with E-state index in [2.05, 4.69) is 15.8 Å². The molecule has 3 rings (SSSR count).